The molecule has 0 atom stereocenters. The normalized spacial score (nSPS) is 14.9. The van der Waals surface area contributed by atoms with Gasteiger partial charge in [0.15, 0.2) is 0 Å². The van der Waals surface area contributed by atoms with E-state index in [2.05, 4.69) is 34.1 Å². The number of hydrogen-bond acceptors (Lipinski definition) is 3. The van der Waals surface area contributed by atoms with E-state index in [1.165, 1.54) is 11.1 Å². The highest BCUT2D eigenvalue weighted by molar-refractivity contribution is 5.42. The second kappa shape index (κ2) is 5.41. The van der Waals surface area contributed by atoms with Gasteiger partial charge in [-0.3, -0.25) is 0 Å². The van der Waals surface area contributed by atoms with Gasteiger partial charge < -0.3 is 10.0 Å². The van der Waals surface area contributed by atoms with Crippen LogP contribution in [0.2, 0.25) is 0 Å². The molecular weight excluding hydrogens is 236 g/mol. The molecule has 0 spiro atoms. The number of aliphatic hydroxyl groups excluding tert-OH is 1. The SMILES string of the molecule is OCc1cccc(N2CCCc3ccccc3C2)n1. The van der Waals surface area contributed by atoms with E-state index in [4.69, 9.17) is 0 Å². The maximum absolute atomic E-state index is 9.19. The van der Waals surface area contributed by atoms with E-state index in [0.717, 1.165) is 37.4 Å². The number of anilines is 1. The zero-order valence-electron chi connectivity index (χ0n) is 10.9. The Labute approximate surface area is 113 Å². The summed E-state index contributed by atoms with van der Waals surface area (Å²) in [7, 11) is 0. The summed E-state index contributed by atoms with van der Waals surface area (Å²) in [6.45, 7) is 1.91. The van der Waals surface area contributed by atoms with Gasteiger partial charge >= 0.3 is 0 Å². The van der Waals surface area contributed by atoms with Crippen LogP contribution in [-0.4, -0.2) is 16.6 Å². The topological polar surface area (TPSA) is 36.4 Å². The van der Waals surface area contributed by atoms with Crippen molar-refractivity contribution in [2.24, 2.45) is 0 Å². The highest BCUT2D eigenvalue weighted by Gasteiger charge is 2.15. The monoisotopic (exact) mass is 254 g/mol. The van der Waals surface area contributed by atoms with Crippen LogP contribution in [0.25, 0.3) is 0 Å². The smallest absolute Gasteiger partial charge is 0.129 e. The van der Waals surface area contributed by atoms with Gasteiger partial charge in [-0.05, 0) is 36.1 Å². The van der Waals surface area contributed by atoms with Crippen molar-refractivity contribution in [2.45, 2.75) is 26.0 Å². The molecule has 3 rings (SSSR count). The van der Waals surface area contributed by atoms with Gasteiger partial charge in [0.2, 0.25) is 0 Å². The quantitative estimate of drug-likeness (QED) is 0.894. The first-order valence-electron chi connectivity index (χ1n) is 6.75. The lowest BCUT2D eigenvalue weighted by Crippen LogP contribution is -2.23. The summed E-state index contributed by atoms with van der Waals surface area (Å²) in [5.74, 6) is 0.961. The number of benzene rings is 1. The molecule has 3 heteroatoms. The third kappa shape index (κ3) is 2.61. The molecule has 1 aliphatic heterocycles. The number of nitrogens with zero attached hydrogens (tertiary/aromatic N) is 2. The van der Waals surface area contributed by atoms with Gasteiger partial charge in [0, 0.05) is 13.1 Å². The van der Waals surface area contributed by atoms with E-state index in [9.17, 15) is 5.11 Å². The van der Waals surface area contributed by atoms with Crippen molar-refractivity contribution in [1.29, 1.82) is 0 Å². The Kier molecular flexibility index (Phi) is 3.47. The molecule has 98 valence electrons. The number of aliphatic hydroxyl groups is 1. The fraction of sp³-hybridized carbons (Fsp3) is 0.312. The number of rotatable bonds is 2. The van der Waals surface area contributed by atoms with E-state index in [0.29, 0.717) is 0 Å². The maximum atomic E-state index is 9.19. The van der Waals surface area contributed by atoms with Gasteiger partial charge in [-0.25, -0.2) is 4.98 Å². The standard InChI is InChI=1S/C16H18N2O/c19-12-15-8-3-9-16(17-15)18-10-4-7-13-5-1-2-6-14(13)11-18/h1-3,5-6,8-9,19H,4,7,10-12H2. The van der Waals surface area contributed by atoms with E-state index in [-0.39, 0.29) is 6.61 Å². The maximum Gasteiger partial charge on any atom is 0.129 e. The molecule has 1 aromatic carbocycles. The van der Waals surface area contributed by atoms with Crippen molar-refractivity contribution in [3.05, 3.63) is 59.3 Å². The lowest BCUT2D eigenvalue weighted by atomic mass is 10.0. The Morgan fingerprint density at radius 2 is 1.89 bits per heavy atom. The van der Waals surface area contributed by atoms with Crippen molar-refractivity contribution >= 4 is 5.82 Å². The van der Waals surface area contributed by atoms with E-state index >= 15 is 0 Å². The summed E-state index contributed by atoms with van der Waals surface area (Å²) in [6.07, 6.45) is 2.27. The number of pyridine rings is 1. The van der Waals surface area contributed by atoms with Crippen LogP contribution in [-0.2, 0) is 19.6 Å². The van der Waals surface area contributed by atoms with Gasteiger partial charge in [-0.15, -0.1) is 0 Å². The first-order valence-corrected chi connectivity index (χ1v) is 6.75. The highest BCUT2D eigenvalue weighted by atomic mass is 16.3. The minimum Gasteiger partial charge on any atom is -0.390 e. The molecule has 0 unspecified atom stereocenters. The molecule has 1 aliphatic rings. The highest BCUT2D eigenvalue weighted by Crippen LogP contribution is 2.22. The van der Waals surface area contributed by atoms with Crippen molar-refractivity contribution in [2.75, 3.05) is 11.4 Å². The van der Waals surface area contributed by atoms with Crippen LogP contribution in [0.3, 0.4) is 0 Å². The molecule has 0 aliphatic carbocycles. The van der Waals surface area contributed by atoms with Gasteiger partial charge in [0.25, 0.3) is 0 Å². The number of hydrogen-bond donors (Lipinski definition) is 1. The third-order valence-electron chi connectivity index (χ3n) is 3.63. The average Bonchev–Trinajstić information content (AvgIpc) is 2.69. The van der Waals surface area contributed by atoms with Gasteiger partial charge in [0.05, 0.1) is 12.3 Å². The van der Waals surface area contributed by atoms with Crippen LogP contribution in [0.5, 0.6) is 0 Å². The largest absolute Gasteiger partial charge is 0.390 e. The van der Waals surface area contributed by atoms with Crippen molar-refractivity contribution in [1.82, 2.24) is 4.98 Å². The first kappa shape index (κ1) is 12.2. The van der Waals surface area contributed by atoms with Gasteiger partial charge in [-0.2, -0.15) is 0 Å². The minimum atomic E-state index is -0.00172. The minimum absolute atomic E-state index is 0.00172. The molecule has 0 bridgehead atoms. The summed E-state index contributed by atoms with van der Waals surface area (Å²) in [5.41, 5.74) is 3.56. The molecule has 2 aromatic rings. The van der Waals surface area contributed by atoms with E-state index in [1.54, 1.807) is 0 Å². The number of aryl methyl sites for hydroxylation is 1. The predicted octanol–water partition coefficient (Wildman–Crippen LogP) is 2.53. The molecule has 2 heterocycles. The summed E-state index contributed by atoms with van der Waals surface area (Å²) in [5, 5.41) is 9.19. The fourth-order valence-corrected chi connectivity index (χ4v) is 2.63. The van der Waals surface area contributed by atoms with Crippen molar-refractivity contribution in [3.63, 3.8) is 0 Å². The lowest BCUT2D eigenvalue weighted by molar-refractivity contribution is 0.277. The molecule has 0 radical (unpaired) electrons. The van der Waals surface area contributed by atoms with Crippen molar-refractivity contribution < 1.29 is 5.11 Å². The summed E-state index contributed by atoms with van der Waals surface area (Å²) < 4.78 is 0. The summed E-state index contributed by atoms with van der Waals surface area (Å²) in [4.78, 5) is 6.80. The Morgan fingerprint density at radius 3 is 2.74 bits per heavy atom. The van der Waals surface area contributed by atoms with E-state index in [1.807, 2.05) is 18.2 Å². The van der Waals surface area contributed by atoms with Gasteiger partial charge in [-0.1, -0.05) is 30.3 Å². The predicted molar refractivity (Wildman–Crippen MR) is 76.0 cm³/mol. The Bertz CT molecular complexity index is 568. The number of fused-ring (bicyclic) bond motifs is 1. The number of aromatic nitrogens is 1. The van der Waals surface area contributed by atoms with Crippen LogP contribution in [0.1, 0.15) is 23.2 Å². The van der Waals surface area contributed by atoms with E-state index < -0.39 is 0 Å². The third-order valence-corrected chi connectivity index (χ3v) is 3.63. The zero-order chi connectivity index (χ0) is 13.1. The van der Waals surface area contributed by atoms with Crippen molar-refractivity contribution in [3.8, 4) is 0 Å². The lowest BCUT2D eigenvalue weighted by Gasteiger charge is -2.22. The van der Waals surface area contributed by atoms with Crippen LogP contribution in [0.15, 0.2) is 42.5 Å². The Balaban J connectivity index is 1.89. The average molecular weight is 254 g/mol. The second-order valence-corrected chi connectivity index (χ2v) is 4.94. The van der Waals surface area contributed by atoms with Crippen LogP contribution >= 0.6 is 0 Å². The molecule has 1 N–H and O–H groups in total. The van der Waals surface area contributed by atoms with Crippen LogP contribution in [0, 0.1) is 0 Å². The fourth-order valence-electron chi connectivity index (χ4n) is 2.63. The molecular formula is C16H18N2O. The Morgan fingerprint density at radius 1 is 1.05 bits per heavy atom. The summed E-state index contributed by atoms with van der Waals surface area (Å²) in [6, 6.07) is 14.5. The summed E-state index contributed by atoms with van der Waals surface area (Å²) >= 11 is 0. The Hall–Kier alpha value is -1.87. The van der Waals surface area contributed by atoms with Gasteiger partial charge in [0.1, 0.15) is 5.82 Å². The molecule has 0 fully saturated rings. The molecule has 3 nitrogen and oxygen atoms in total. The molecule has 1 aromatic heterocycles. The molecule has 0 saturated carbocycles. The molecule has 0 saturated heterocycles. The first-order chi connectivity index (χ1) is 9.36. The van der Waals surface area contributed by atoms with Crippen LogP contribution in [0.4, 0.5) is 5.82 Å². The second-order valence-electron chi connectivity index (χ2n) is 4.94. The van der Waals surface area contributed by atoms with Crippen LogP contribution < -0.4 is 4.90 Å². The zero-order valence-corrected chi connectivity index (χ0v) is 10.9. The molecule has 0 amide bonds. The molecule has 19 heavy (non-hydrogen) atoms.